The van der Waals surface area contributed by atoms with Crippen LogP contribution in [0.15, 0.2) is 10.9 Å². The summed E-state index contributed by atoms with van der Waals surface area (Å²) in [7, 11) is 0. The molecule has 0 saturated carbocycles. The van der Waals surface area contributed by atoms with Crippen molar-refractivity contribution in [3.05, 3.63) is 22.1 Å². The molecule has 1 aliphatic rings. The van der Waals surface area contributed by atoms with Gasteiger partial charge < -0.3 is 10.6 Å². The Morgan fingerprint density at radius 2 is 2.12 bits per heavy atom. The summed E-state index contributed by atoms with van der Waals surface area (Å²) < 4.78 is 0. The Labute approximate surface area is 94.7 Å². The number of nitrogens with two attached hydrogens (primary N) is 1. The van der Waals surface area contributed by atoms with E-state index in [1.165, 1.54) is 25.3 Å². The second kappa shape index (κ2) is 5.12. The number of rotatable bonds is 3. The van der Waals surface area contributed by atoms with Gasteiger partial charge in [-0.05, 0) is 25.8 Å². The largest absolute Gasteiger partial charge is 0.342 e. The van der Waals surface area contributed by atoms with Gasteiger partial charge in [-0.3, -0.25) is 9.78 Å². The summed E-state index contributed by atoms with van der Waals surface area (Å²) in [5.74, 6) is 0.704. The molecule has 16 heavy (non-hydrogen) atoms. The molecule has 0 radical (unpaired) electrons. The highest BCUT2D eigenvalue weighted by Gasteiger charge is 2.13. The highest BCUT2D eigenvalue weighted by Crippen LogP contribution is 2.14. The van der Waals surface area contributed by atoms with Crippen molar-refractivity contribution >= 4 is 5.95 Å². The molecular weight excluding hydrogens is 204 g/mol. The zero-order chi connectivity index (χ0) is 11.4. The average molecular weight is 222 g/mol. The Hall–Kier alpha value is -1.36. The topological polar surface area (TPSA) is 75.0 Å². The number of nitrogens with one attached hydrogen (secondary N) is 1. The molecule has 0 bridgehead atoms. The Bertz CT molecular complexity index is 395. The minimum absolute atomic E-state index is 0.0842. The number of anilines is 1. The van der Waals surface area contributed by atoms with Gasteiger partial charge >= 0.3 is 0 Å². The van der Waals surface area contributed by atoms with Crippen molar-refractivity contribution < 1.29 is 0 Å². The van der Waals surface area contributed by atoms with E-state index in [1.807, 2.05) is 0 Å². The minimum atomic E-state index is -0.0842. The van der Waals surface area contributed by atoms with E-state index in [0.29, 0.717) is 18.9 Å². The monoisotopic (exact) mass is 222 g/mol. The van der Waals surface area contributed by atoms with Gasteiger partial charge in [0.25, 0.3) is 5.56 Å². The first-order chi connectivity index (χ1) is 7.79. The molecular formula is C11H18N4O. The van der Waals surface area contributed by atoms with E-state index >= 15 is 0 Å². The molecule has 1 aromatic heterocycles. The molecule has 1 aromatic rings. The summed E-state index contributed by atoms with van der Waals surface area (Å²) in [6.07, 6.45) is 4.27. The van der Waals surface area contributed by atoms with Gasteiger partial charge in [0, 0.05) is 25.6 Å². The third-order valence-electron chi connectivity index (χ3n) is 2.84. The van der Waals surface area contributed by atoms with Crippen LogP contribution in [0.4, 0.5) is 5.95 Å². The first-order valence-electron chi connectivity index (χ1n) is 5.85. The summed E-state index contributed by atoms with van der Waals surface area (Å²) in [5, 5.41) is 0. The van der Waals surface area contributed by atoms with E-state index in [2.05, 4.69) is 14.9 Å². The van der Waals surface area contributed by atoms with Crippen molar-refractivity contribution in [2.75, 3.05) is 24.5 Å². The lowest BCUT2D eigenvalue weighted by Crippen LogP contribution is -2.32. The van der Waals surface area contributed by atoms with E-state index in [1.54, 1.807) is 0 Å². The van der Waals surface area contributed by atoms with Crippen LogP contribution in [-0.4, -0.2) is 29.6 Å². The van der Waals surface area contributed by atoms with E-state index in [-0.39, 0.29) is 5.56 Å². The number of H-pyrrole nitrogens is 1. The molecule has 1 saturated heterocycles. The predicted molar refractivity (Wildman–Crippen MR) is 63.7 cm³/mol. The Morgan fingerprint density at radius 3 is 2.81 bits per heavy atom. The molecule has 2 rings (SSSR count). The van der Waals surface area contributed by atoms with Gasteiger partial charge in [-0.2, -0.15) is 0 Å². The van der Waals surface area contributed by atoms with Crippen molar-refractivity contribution in [2.45, 2.75) is 25.7 Å². The third-order valence-corrected chi connectivity index (χ3v) is 2.84. The second-order valence-corrected chi connectivity index (χ2v) is 4.15. The molecule has 1 fully saturated rings. The first kappa shape index (κ1) is 11.1. The standard InChI is InChI=1S/C11H18N4O/c12-5-4-9-8-10(16)14-11(13-9)15-6-2-1-3-7-15/h8H,1-7,12H2,(H,13,14,16). The van der Waals surface area contributed by atoms with E-state index in [4.69, 9.17) is 5.73 Å². The number of nitrogens with zero attached hydrogens (tertiary/aromatic N) is 2. The Balaban J connectivity index is 2.21. The number of hydrogen-bond acceptors (Lipinski definition) is 4. The number of piperidine rings is 1. The van der Waals surface area contributed by atoms with Gasteiger partial charge in [-0.1, -0.05) is 0 Å². The fourth-order valence-electron chi connectivity index (χ4n) is 2.03. The summed E-state index contributed by atoms with van der Waals surface area (Å²) >= 11 is 0. The van der Waals surface area contributed by atoms with Crippen molar-refractivity contribution in [2.24, 2.45) is 5.73 Å². The van der Waals surface area contributed by atoms with E-state index < -0.39 is 0 Å². The van der Waals surface area contributed by atoms with Crippen LogP contribution in [0.3, 0.4) is 0 Å². The maximum Gasteiger partial charge on any atom is 0.252 e. The lowest BCUT2D eigenvalue weighted by Gasteiger charge is -2.27. The van der Waals surface area contributed by atoms with Crippen LogP contribution in [0.1, 0.15) is 25.0 Å². The molecule has 5 heteroatoms. The van der Waals surface area contributed by atoms with E-state index in [9.17, 15) is 4.79 Å². The van der Waals surface area contributed by atoms with Crippen molar-refractivity contribution in [3.8, 4) is 0 Å². The summed E-state index contributed by atoms with van der Waals surface area (Å²) in [6.45, 7) is 2.49. The fourth-order valence-corrected chi connectivity index (χ4v) is 2.03. The smallest absolute Gasteiger partial charge is 0.252 e. The Kier molecular flexibility index (Phi) is 3.56. The molecule has 5 nitrogen and oxygen atoms in total. The number of aromatic nitrogens is 2. The maximum atomic E-state index is 11.5. The zero-order valence-corrected chi connectivity index (χ0v) is 9.41. The van der Waals surface area contributed by atoms with Crippen LogP contribution in [0.5, 0.6) is 0 Å². The van der Waals surface area contributed by atoms with Crippen LogP contribution in [-0.2, 0) is 6.42 Å². The minimum Gasteiger partial charge on any atom is -0.342 e. The molecule has 3 N–H and O–H groups in total. The molecule has 1 aliphatic heterocycles. The predicted octanol–water partition coefficient (Wildman–Crippen LogP) is 0.261. The molecule has 0 atom stereocenters. The van der Waals surface area contributed by atoms with Gasteiger partial charge in [-0.15, -0.1) is 0 Å². The zero-order valence-electron chi connectivity index (χ0n) is 9.41. The molecule has 0 aromatic carbocycles. The number of aromatic amines is 1. The van der Waals surface area contributed by atoms with Gasteiger partial charge in [-0.25, -0.2) is 4.98 Å². The van der Waals surface area contributed by atoms with Crippen LogP contribution in [0.25, 0.3) is 0 Å². The maximum absolute atomic E-state index is 11.5. The third kappa shape index (κ3) is 2.61. The van der Waals surface area contributed by atoms with Crippen LogP contribution < -0.4 is 16.2 Å². The molecule has 0 amide bonds. The highest BCUT2D eigenvalue weighted by molar-refractivity contribution is 5.30. The number of hydrogen-bond donors (Lipinski definition) is 2. The highest BCUT2D eigenvalue weighted by atomic mass is 16.1. The summed E-state index contributed by atoms with van der Waals surface area (Å²) in [5.41, 5.74) is 6.17. The van der Waals surface area contributed by atoms with Crippen LogP contribution in [0.2, 0.25) is 0 Å². The van der Waals surface area contributed by atoms with Crippen LogP contribution >= 0.6 is 0 Å². The lowest BCUT2D eigenvalue weighted by molar-refractivity contribution is 0.566. The van der Waals surface area contributed by atoms with Crippen LogP contribution in [0, 0.1) is 0 Å². The second-order valence-electron chi connectivity index (χ2n) is 4.15. The average Bonchev–Trinajstić information content (AvgIpc) is 2.30. The van der Waals surface area contributed by atoms with Crippen molar-refractivity contribution in [3.63, 3.8) is 0 Å². The van der Waals surface area contributed by atoms with Gasteiger partial charge in [0.1, 0.15) is 0 Å². The summed E-state index contributed by atoms with van der Waals surface area (Å²) in [6, 6.07) is 1.53. The van der Waals surface area contributed by atoms with E-state index in [0.717, 1.165) is 18.8 Å². The first-order valence-corrected chi connectivity index (χ1v) is 5.85. The van der Waals surface area contributed by atoms with Crippen molar-refractivity contribution in [1.29, 1.82) is 0 Å². The molecule has 0 spiro atoms. The van der Waals surface area contributed by atoms with Gasteiger partial charge in [0.2, 0.25) is 5.95 Å². The Morgan fingerprint density at radius 1 is 1.38 bits per heavy atom. The van der Waals surface area contributed by atoms with Crippen molar-refractivity contribution in [1.82, 2.24) is 9.97 Å². The summed E-state index contributed by atoms with van der Waals surface area (Å²) in [4.78, 5) is 20.8. The normalized spacial score (nSPS) is 16.4. The quantitative estimate of drug-likeness (QED) is 0.769. The lowest BCUT2D eigenvalue weighted by atomic mass is 10.1. The SMILES string of the molecule is NCCc1cc(=O)[nH]c(N2CCCCC2)n1. The molecule has 88 valence electrons. The molecule has 0 unspecified atom stereocenters. The molecule has 0 aliphatic carbocycles. The molecule has 2 heterocycles. The van der Waals surface area contributed by atoms with Gasteiger partial charge in [0.15, 0.2) is 0 Å². The fraction of sp³-hybridized carbons (Fsp3) is 0.636. The van der Waals surface area contributed by atoms with Gasteiger partial charge in [0.05, 0.1) is 5.69 Å².